The third kappa shape index (κ3) is 6.04. The van der Waals surface area contributed by atoms with Crippen LogP contribution in [0.2, 0.25) is 0 Å². The van der Waals surface area contributed by atoms with E-state index < -0.39 is 0 Å². The molecule has 0 saturated carbocycles. The zero-order chi connectivity index (χ0) is 33.7. The van der Waals surface area contributed by atoms with Gasteiger partial charge in [-0.2, -0.15) is 0 Å². The largest absolute Gasteiger partial charge is 2.00 e. The first-order chi connectivity index (χ1) is 22.4. The van der Waals surface area contributed by atoms with Gasteiger partial charge in [-0.25, -0.2) is 9.97 Å². The minimum Gasteiger partial charge on any atom is -0.657 e. The van der Waals surface area contributed by atoms with E-state index in [2.05, 4.69) is 58.9 Å². The molecular formula is C39H38CuN4O4. The molecule has 1 aromatic carbocycles. The molecule has 1 radical (unpaired) electrons. The first-order valence-electron chi connectivity index (χ1n) is 15.6. The van der Waals surface area contributed by atoms with E-state index in [0.29, 0.717) is 22.4 Å². The molecule has 3 aromatic heterocycles. The summed E-state index contributed by atoms with van der Waals surface area (Å²) in [6, 6.07) is 14.3. The van der Waals surface area contributed by atoms with Gasteiger partial charge in [0.25, 0.3) is 0 Å². The average Bonchev–Trinajstić information content (AvgIpc) is 3.70. The maximum Gasteiger partial charge on any atom is 2.00 e. The molecule has 5 heterocycles. The van der Waals surface area contributed by atoms with E-state index in [1.54, 1.807) is 0 Å². The van der Waals surface area contributed by atoms with Crippen LogP contribution in [0.4, 0.5) is 0 Å². The summed E-state index contributed by atoms with van der Waals surface area (Å²) >= 11 is 0. The summed E-state index contributed by atoms with van der Waals surface area (Å²) in [7, 11) is 2.75. The van der Waals surface area contributed by atoms with Gasteiger partial charge in [0.2, 0.25) is 0 Å². The molecule has 0 unspecified atom stereocenters. The van der Waals surface area contributed by atoms with Gasteiger partial charge in [-0.05, 0) is 87.4 Å². The van der Waals surface area contributed by atoms with Crippen molar-refractivity contribution in [2.75, 3.05) is 14.2 Å². The van der Waals surface area contributed by atoms with Crippen LogP contribution in [-0.2, 0) is 42.6 Å². The van der Waals surface area contributed by atoms with Gasteiger partial charge < -0.3 is 19.4 Å². The van der Waals surface area contributed by atoms with Gasteiger partial charge in [0.15, 0.2) is 0 Å². The standard InChI is InChI=1S/C39H38N4O4.Cu/c1-19-10-12-26(13-11-19)37-38-22(4)20(2)29(42-38)16-31-24(6)27(14-35(44)46-8)33(40-31)18-34-28(15-36(45)47-9)25(7)32(41-34)17-30-21(3)23(5)39(37)43-30;/h10-13,16-18H,14-15H2,1-9H3;/q-2;+2. The van der Waals surface area contributed by atoms with Gasteiger partial charge in [0.05, 0.1) is 49.8 Å². The Morgan fingerprint density at radius 3 is 1.88 bits per heavy atom. The van der Waals surface area contributed by atoms with Crippen molar-refractivity contribution in [1.82, 2.24) is 19.9 Å². The fourth-order valence-corrected chi connectivity index (χ4v) is 6.23. The summed E-state index contributed by atoms with van der Waals surface area (Å²) < 4.78 is 10.1. The quantitative estimate of drug-likeness (QED) is 0.156. The van der Waals surface area contributed by atoms with Crippen molar-refractivity contribution in [3.8, 4) is 11.1 Å². The van der Waals surface area contributed by atoms with Crippen molar-refractivity contribution >= 4 is 56.3 Å². The molecule has 4 aromatic rings. The number of fused-ring (bicyclic) bond motifs is 8. The summed E-state index contributed by atoms with van der Waals surface area (Å²) in [5, 5.41) is 0. The number of nitrogens with zero attached hydrogens (tertiary/aromatic N) is 4. The van der Waals surface area contributed by atoms with Crippen LogP contribution in [0.25, 0.3) is 55.5 Å². The van der Waals surface area contributed by atoms with E-state index in [0.717, 1.165) is 78.1 Å². The van der Waals surface area contributed by atoms with E-state index in [1.807, 2.05) is 32.0 Å². The van der Waals surface area contributed by atoms with Crippen molar-refractivity contribution in [3.63, 3.8) is 0 Å². The molecule has 0 spiro atoms. The zero-order valence-corrected chi connectivity index (χ0v) is 29.6. The second-order valence-corrected chi connectivity index (χ2v) is 12.3. The maximum absolute atomic E-state index is 12.6. The van der Waals surface area contributed by atoms with Crippen LogP contribution in [0, 0.1) is 27.7 Å². The molecule has 2 aliphatic rings. The fourth-order valence-electron chi connectivity index (χ4n) is 6.23. The first kappa shape index (κ1) is 34.6. The summed E-state index contributed by atoms with van der Waals surface area (Å²) in [5.74, 6) is -0.741. The number of rotatable bonds is 5. The maximum atomic E-state index is 12.6. The number of ether oxygens (including phenoxy) is 2. The Morgan fingerprint density at radius 1 is 0.646 bits per heavy atom. The van der Waals surface area contributed by atoms with Crippen LogP contribution in [0.15, 0.2) is 42.5 Å². The van der Waals surface area contributed by atoms with E-state index in [9.17, 15) is 9.59 Å². The Labute approximate surface area is 291 Å². The molecule has 6 rings (SSSR count). The van der Waals surface area contributed by atoms with Gasteiger partial charge in [-0.3, -0.25) is 9.59 Å². The molecular weight excluding hydrogens is 652 g/mol. The van der Waals surface area contributed by atoms with Gasteiger partial charge in [-0.1, -0.05) is 64.7 Å². The number of benzene rings is 1. The van der Waals surface area contributed by atoms with Gasteiger partial charge in [-0.15, -0.1) is 22.1 Å². The second-order valence-electron chi connectivity index (χ2n) is 12.3. The molecule has 9 heteroatoms. The predicted molar refractivity (Wildman–Crippen MR) is 186 cm³/mol. The summed E-state index contributed by atoms with van der Waals surface area (Å²) in [6.07, 6.45) is 0.0862. The van der Waals surface area contributed by atoms with E-state index >= 15 is 0 Å². The van der Waals surface area contributed by atoms with E-state index in [-0.39, 0.29) is 41.8 Å². The summed E-state index contributed by atoms with van der Waals surface area (Å²) in [4.78, 5) is 45.7. The minimum atomic E-state index is -0.371. The number of aryl methyl sites for hydroxylation is 4. The van der Waals surface area contributed by atoms with Crippen LogP contribution in [-0.4, -0.2) is 36.1 Å². The second kappa shape index (κ2) is 13.4. The number of esters is 2. The molecule has 0 amide bonds. The number of aromatic nitrogens is 4. The molecule has 8 bridgehead atoms. The number of allylic oxidation sites excluding steroid dienone is 3. The van der Waals surface area contributed by atoms with Crippen molar-refractivity contribution in [3.05, 3.63) is 93.1 Å². The van der Waals surface area contributed by atoms with Crippen molar-refractivity contribution < 1.29 is 36.1 Å². The Bertz CT molecular complexity index is 2220. The van der Waals surface area contributed by atoms with Crippen molar-refractivity contribution in [1.29, 1.82) is 0 Å². The molecule has 0 saturated heterocycles. The van der Waals surface area contributed by atoms with E-state index in [1.165, 1.54) is 19.8 Å². The van der Waals surface area contributed by atoms with Crippen LogP contribution in [0.3, 0.4) is 0 Å². The van der Waals surface area contributed by atoms with Crippen LogP contribution >= 0.6 is 0 Å². The molecule has 0 atom stereocenters. The number of hydrogen-bond donors (Lipinski definition) is 0. The Hall–Kier alpha value is -4.72. The topological polar surface area (TPSA) is 107 Å². The normalized spacial score (nSPS) is 12.7. The summed E-state index contributed by atoms with van der Waals surface area (Å²) in [5.41, 5.74) is 16.5. The van der Waals surface area contributed by atoms with Crippen LogP contribution in [0.5, 0.6) is 0 Å². The molecule has 48 heavy (non-hydrogen) atoms. The molecule has 8 nitrogen and oxygen atoms in total. The van der Waals surface area contributed by atoms with Gasteiger partial charge >= 0.3 is 29.0 Å². The third-order valence-corrected chi connectivity index (χ3v) is 9.57. The van der Waals surface area contributed by atoms with Crippen molar-refractivity contribution in [2.24, 2.45) is 0 Å². The zero-order valence-electron chi connectivity index (χ0n) is 28.7. The minimum absolute atomic E-state index is 0. The molecule has 249 valence electrons. The average molecular weight is 690 g/mol. The SMILES string of the molecule is COC(=O)CC1=C(C)c2cc3[n-]c(c(C)c3C)c(-c3ccc(C)cc3)c3nc(cc4[n-]c(cc1n2)c(CC(=O)OC)c4C)C(C)=C3C.[Cu+2]. The van der Waals surface area contributed by atoms with Gasteiger partial charge in [0.1, 0.15) is 0 Å². The Balaban J connectivity index is 0.00000451. The number of carbonyl (C=O) groups excluding carboxylic acids is 2. The predicted octanol–water partition coefficient (Wildman–Crippen LogP) is 7.63. The fraction of sp³-hybridized carbons (Fsp3) is 0.282. The van der Waals surface area contributed by atoms with Gasteiger partial charge in [0, 0.05) is 0 Å². The number of hydrogen-bond acceptors (Lipinski definition) is 6. The summed E-state index contributed by atoms with van der Waals surface area (Å²) in [6.45, 7) is 14.3. The first-order valence-corrected chi connectivity index (χ1v) is 15.6. The number of carbonyl (C=O) groups is 2. The molecule has 0 aliphatic carbocycles. The number of methoxy groups -OCH3 is 2. The van der Waals surface area contributed by atoms with Crippen LogP contribution < -0.4 is 9.97 Å². The van der Waals surface area contributed by atoms with Crippen LogP contribution in [0.1, 0.15) is 77.8 Å². The van der Waals surface area contributed by atoms with E-state index in [4.69, 9.17) is 29.4 Å². The molecule has 2 aliphatic heterocycles. The third-order valence-electron chi connectivity index (χ3n) is 9.57. The molecule has 0 N–H and O–H groups in total. The smallest absolute Gasteiger partial charge is 0.657 e. The Kier molecular flexibility index (Phi) is 9.67. The monoisotopic (exact) mass is 689 g/mol. The Morgan fingerprint density at radius 2 is 1.23 bits per heavy atom. The molecule has 0 fully saturated rings. The van der Waals surface area contributed by atoms with Crippen molar-refractivity contribution in [2.45, 2.75) is 61.3 Å².